The number of nitrogens with zero attached hydrogens (tertiary/aromatic N) is 4. The van der Waals surface area contributed by atoms with Gasteiger partial charge in [0, 0.05) is 27.5 Å². The fourth-order valence-corrected chi connectivity index (χ4v) is 7.57. The molecule has 8 aromatic carbocycles. The van der Waals surface area contributed by atoms with Gasteiger partial charge in [0.15, 0.2) is 11.6 Å². The Hall–Kier alpha value is -7.43. The fraction of sp³-hybridized carbons (Fsp3) is 0. The van der Waals surface area contributed by atoms with Gasteiger partial charge in [0.25, 0.3) is 0 Å². The van der Waals surface area contributed by atoms with Crippen LogP contribution in [-0.2, 0) is 0 Å². The van der Waals surface area contributed by atoms with E-state index < -0.39 is 0 Å². The van der Waals surface area contributed by atoms with Crippen LogP contribution < -0.4 is 0 Å². The Morgan fingerprint density at radius 3 is 1.42 bits per heavy atom. The van der Waals surface area contributed by atoms with E-state index >= 15 is 0 Å². The summed E-state index contributed by atoms with van der Waals surface area (Å²) in [5, 5.41) is 2.27. The van der Waals surface area contributed by atoms with Gasteiger partial charge in [-0.15, -0.1) is 0 Å². The van der Waals surface area contributed by atoms with E-state index in [2.05, 4.69) is 199 Å². The maximum Gasteiger partial charge on any atom is 0.238 e. The third kappa shape index (κ3) is 6.06. The molecule has 0 fully saturated rings. The molecule has 2 aromatic heterocycles. The van der Waals surface area contributed by atoms with E-state index in [1.807, 2.05) is 12.1 Å². The van der Waals surface area contributed by atoms with Gasteiger partial charge in [0.05, 0.1) is 11.0 Å². The number of rotatable bonds is 7. The van der Waals surface area contributed by atoms with Crippen molar-refractivity contribution >= 4 is 21.8 Å². The molecule has 10 aromatic rings. The molecule has 258 valence electrons. The average Bonchev–Trinajstić information content (AvgIpc) is 3.62. The van der Waals surface area contributed by atoms with Crippen molar-refractivity contribution in [3.63, 3.8) is 0 Å². The molecule has 0 amide bonds. The lowest BCUT2D eigenvalue weighted by atomic mass is 9.95. The summed E-state index contributed by atoms with van der Waals surface area (Å²) < 4.78 is 2.23. The second-order valence-corrected chi connectivity index (χ2v) is 13.7. The van der Waals surface area contributed by atoms with Gasteiger partial charge in [-0.3, -0.25) is 4.57 Å². The molecule has 0 aliphatic rings. The SMILES string of the molecule is c1ccc(-c2ccc(-c3nc(-c4cccc(-c5ccccc5)c4)nc(-n4c5ccccc5c5cc(-c6ccccc6)cc(-c6ccccc6)c54)n3)cc2)cc1. The molecule has 2 heterocycles. The molecule has 0 bridgehead atoms. The summed E-state index contributed by atoms with van der Waals surface area (Å²) >= 11 is 0. The van der Waals surface area contributed by atoms with Gasteiger partial charge in [0.1, 0.15) is 0 Å². The van der Waals surface area contributed by atoms with Gasteiger partial charge in [-0.25, -0.2) is 4.98 Å². The molecule has 4 nitrogen and oxygen atoms in total. The molecule has 0 saturated heterocycles. The summed E-state index contributed by atoms with van der Waals surface area (Å²) in [5.74, 6) is 1.78. The maximum atomic E-state index is 5.33. The van der Waals surface area contributed by atoms with Crippen LogP contribution in [0.5, 0.6) is 0 Å². The smallest absolute Gasteiger partial charge is 0.238 e. The Morgan fingerprint density at radius 1 is 0.291 bits per heavy atom. The second kappa shape index (κ2) is 13.8. The van der Waals surface area contributed by atoms with Crippen LogP contribution >= 0.6 is 0 Å². The number of aromatic nitrogens is 4. The molecule has 0 atom stereocenters. The molecule has 10 rings (SSSR count). The fourth-order valence-electron chi connectivity index (χ4n) is 7.57. The molecule has 55 heavy (non-hydrogen) atoms. The van der Waals surface area contributed by atoms with Crippen LogP contribution in [-0.4, -0.2) is 19.5 Å². The van der Waals surface area contributed by atoms with Gasteiger partial charge in [-0.1, -0.05) is 182 Å². The predicted molar refractivity (Wildman–Crippen MR) is 227 cm³/mol. The van der Waals surface area contributed by atoms with E-state index in [1.54, 1.807) is 0 Å². The number of hydrogen-bond donors (Lipinski definition) is 0. The Bertz CT molecular complexity index is 2940. The second-order valence-electron chi connectivity index (χ2n) is 13.7. The number of fused-ring (bicyclic) bond motifs is 3. The lowest BCUT2D eigenvalue weighted by molar-refractivity contribution is 0.954. The van der Waals surface area contributed by atoms with Gasteiger partial charge in [-0.2, -0.15) is 9.97 Å². The minimum absolute atomic E-state index is 0.563. The highest BCUT2D eigenvalue weighted by molar-refractivity contribution is 6.15. The minimum Gasteiger partial charge on any atom is -0.277 e. The van der Waals surface area contributed by atoms with E-state index in [0.717, 1.165) is 71.9 Å². The molecule has 0 spiro atoms. The van der Waals surface area contributed by atoms with E-state index in [4.69, 9.17) is 15.0 Å². The van der Waals surface area contributed by atoms with Crippen LogP contribution in [0.15, 0.2) is 206 Å². The van der Waals surface area contributed by atoms with Crippen molar-refractivity contribution in [2.75, 3.05) is 0 Å². The molecule has 0 N–H and O–H groups in total. The van der Waals surface area contributed by atoms with Crippen molar-refractivity contribution in [1.29, 1.82) is 0 Å². The van der Waals surface area contributed by atoms with Crippen molar-refractivity contribution in [3.05, 3.63) is 206 Å². The van der Waals surface area contributed by atoms with Crippen molar-refractivity contribution in [2.45, 2.75) is 0 Å². The highest BCUT2D eigenvalue weighted by atomic mass is 15.2. The van der Waals surface area contributed by atoms with E-state index in [9.17, 15) is 0 Å². The molecule has 4 heteroatoms. The highest BCUT2D eigenvalue weighted by Gasteiger charge is 2.22. The Kier molecular flexibility index (Phi) is 8.12. The van der Waals surface area contributed by atoms with Crippen LogP contribution in [0, 0.1) is 0 Å². The zero-order chi connectivity index (χ0) is 36.6. The van der Waals surface area contributed by atoms with Crippen LogP contribution in [0.2, 0.25) is 0 Å². The van der Waals surface area contributed by atoms with Gasteiger partial charge < -0.3 is 0 Å². The summed E-state index contributed by atoms with van der Waals surface area (Å²) in [6.45, 7) is 0. The zero-order valence-electron chi connectivity index (χ0n) is 29.9. The summed E-state index contributed by atoms with van der Waals surface area (Å²) in [6.07, 6.45) is 0. The molecule has 0 radical (unpaired) electrons. The van der Waals surface area contributed by atoms with E-state index in [-0.39, 0.29) is 0 Å². The number of para-hydroxylation sites is 1. The monoisotopic (exact) mass is 702 g/mol. The highest BCUT2D eigenvalue weighted by Crippen LogP contribution is 2.41. The van der Waals surface area contributed by atoms with Crippen LogP contribution in [0.25, 0.3) is 95.0 Å². The first-order chi connectivity index (χ1) is 27.3. The Balaban J connectivity index is 1.24. The first-order valence-corrected chi connectivity index (χ1v) is 18.5. The maximum absolute atomic E-state index is 5.33. The normalized spacial score (nSPS) is 11.3. The third-order valence-corrected chi connectivity index (χ3v) is 10.3. The molecule has 0 aliphatic heterocycles. The van der Waals surface area contributed by atoms with Crippen molar-refractivity contribution in [1.82, 2.24) is 19.5 Å². The predicted octanol–water partition coefficient (Wildman–Crippen LogP) is 13.0. The number of hydrogen-bond acceptors (Lipinski definition) is 3. The van der Waals surface area contributed by atoms with Crippen LogP contribution in [0.3, 0.4) is 0 Å². The lowest BCUT2D eigenvalue weighted by Crippen LogP contribution is -2.07. The average molecular weight is 703 g/mol. The molecular weight excluding hydrogens is 669 g/mol. The minimum atomic E-state index is 0.563. The first-order valence-electron chi connectivity index (χ1n) is 18.5. The van der Waals surface area contributed by atoms with Crippen molar-refractivity contribution in [2.24, 2.45) is 0 Å². The molecule has 0 unspecified atom stereocenters. The van der Waals surface area contributed by atoms with Gasteiger partial charge in [-0.05, 0) is 63.2 Å². The van der Waals surface area contributed by atoms with Gasteiger partial charge in [0.2, 0.25) is 5.95 Å². The Morgan fingerprint density at radius 2 is 0.764 bits per heavy atom. The summed E-state index contributed by atoms with van der Waals surface area (Å²) in [6, 6.07) is 72.2. The largest absolute Gasteiger partial charge is 0.277 e. The number of benzene rings is 8. The first kappa shape index (κ1) is 32.2. The standard InChI is InChI=1S/C51H34N4/c1-5-16-35(17-6-1)38-28-30-40(31-29-38)49-52-50(42-25-15-24-41(32-42)36-18-7-2-8-19-36)54-51(53-49)55-47-27-14-13-26-44(47)46-34-43(37-20-9-3-10-21-37)33-45(48(46)55)39-22-11-4-12-23-39/h1-34H. The zero-order valence-corrected chi connectivity index (χ0v) is 29.9. The van der Waals surface area contributed by atoms with Crippen LogP contribution in [0.4, 0.5) is 0 Å². The van der Waals surface area contributed by atoms with Crippen LogP contribution in [0.1, 0.15) is 0 Å². The molecular formula is C51H34N4. The third-order valence-electron chi connectivity index (χ3n) is 10.3. The lowest BCUT2D eigenvalue weighted by Gasteiger charge is -2.14. The topological polar surface area (TPSA) is 43.6 Å². The molecule has 0 saturated carbocycles. The van der Waals surface area contributed by atoms with Crippen molar-refractivity contribution in [3.8, 4) is 73.2 Å². The van der Waals surface area contributed by atoms with E-state index in [0.29, 0.717) is 17.6 Å². The quantitative estimate of drug-likeness (QED) is 0.166. The van der Waals surface area contributed by atoms with E-state index in [1.165, 1.54) is 5.56 Å². The Labute approximate surface area is 319 Å². The molecule has 0 aliphatic carbocycles. The summed E-state index contributed by atoms with van der Waals surface area (Å²) in [7, 11) is 0. The van der Waals surface area contributed by atoms with Gasteiger partial charge >= 0.3 is 0 Å². The summed E-state index contributed by atoms with van der Waals surface area (Å²) in [5.41, 5.74) is 13.0. The van der Waals surface area contributed by atoms with Crippen molar-refractivity contribution < 1.29 is 0 Å². The summed E-state index contributed by atoms with van der Waals surface area (Å²) in [4.78, 5) is 15.8.